The third-order valence-corrected chi connectivity index (χ3v) is 3.55. The summed E-state index contributed by atoms with van der Waals surface area (Å²) in [5.41, 5.74) is -0.746. The van der Waals surface area contributed by atoms with Crippen LogP contribution in [0.1, 0.15) is 37.0 Å². The number of carboxylic acids is 1. The highest BCUT2D eigenvalue weighted by atomic mass is 35.5. The third kappa shape index (κ3) is 3.44. The molecule has 106 valence electrons. The fourth-order valence-electron chi connectivity index (χ4n) is 1.90. The lowest BCUT2D eigenvalue weighted by atomic mass is 9.83. The molecule has 0 aliphatic carbocycles. The van der Waals surface area contributed by atoms with Gasteiger partial charge < -0.3 is 5.11 Å². The highest BCUT2D eigenvalue weighted by molar-refractivity contribution is 6.31. The molecule has 0 spiro atoms. The quantitative estimate of drug-likeness (QED) is 0.883. The first-order chi connectivity index (χ1) is 8.47. The van der Waals surface area contributed by atoms with Crippen LogP contribution in [0.2, 0.25) is 5.02 Å². The van der Waals surface area contributed by atoms with Crippen molar-refractivity contribution in [3.63, 3.8) is 0 Å². The Hall–Kier alpha value is -1.16. The molecule has 0 aliphatic heterocycles. The van der Waals surface area contributed by atoms with Crippen molar-refractivity contribution < 1.29 is 18.7 Å². The summed E-state index contributed by atoms with van der Waals surface area (Å²) in [4.78, 5) is 11.0. The number of aliphatic carboxylic acids is 1. The molecule has 1 aromatic rings. The minimum atomic E-state index is -3.21. The minimum Gasteiger partial charge on any atom is -0.481 e. The minimum absolute atomic E-state index is 0.163. The SMILES string of the molecule is Cc1cc(C(F)(F)CC(C)(C)C(=O)O)c(C)cc1Cl. The molecule has 1 rings (SSSR count). The second-order valence-corrected chi connectivity index (χ2v) is 5.89. The van der Waals surface area contributed by atoms with E-state index in [1.807, 2.05) is 0 Å². The molecule has 0 amide bonds. The number of aryl methyl sites for hydroxylation is 2. The lowest BCUT2D eigenvalue weighted by Gasteiger charge is -2.27. The molecule has 19 heavy (non-hydrogen) atoms. The molecule has 0 fully saturated rings. The summed E-state index contributed by atoms with van der Waals surface area (Å²) in [5.74, 6) is -4.45. The first-order valence-corrected chi connectivity index (χ1v) is 6.23. The largest absolute Gasteiger partial charge is 0.481 e. The van der Waals surface area contributed by atoms with Gasteiger partial charge in [-0.1, -0.05) is 11.6 Å². The standard InChI is InChI=1S/C14H17ClF2O2/c1-8-6-11(15)9(2)5-10(8)14(16,17)7-13(3,4)12(18)19/h5-6H,7H2,1-4H3,(H,18,19). The van der Waals surface area contributed by atoms with E-state index < -0.39 is 23.7 Å². The average molecular weight is 291 g/mol. The van der Waals surface area contributed by atoms with Gasteiger partial charge in [-0.15, -0.1) is 0 Å². The van der Waals surface area contributed by atoms with Gasteiger partial charge in [-0.3, -0.25) is 4.79 Å². The Morgan fingerprint density at radius 2 is 1.79 bits per heavy atom. The van der Waals surface area contributed by atoms with Crippen LogP contribution in [0.3, 0.4) is 0 Å². The second-order valence-electron chi connectivity index (χ2n) is 5.49. The molecule has 0 aromatic heterocycles. The topological polar surface area (TPSA) is 37.3 Å². The van der Waals surface area contributed by atoms with Crippen LogP contribution >= 0.6 is 11.6 Å². The van der Waals surface area contributed by atoms with Gasteiger partial charge in [0.2, 0.25) is 0 Å². The number of carbonyl (C=O) groups is 1. The third-order valence-electron chi connectivity index (χ3n) is 3.14. The molecule has 0 aliphatic rings. The number of alkyl halides is 2. The smallest absolute Gasteiger partial charge is 0.309 e. The Labute approximate surface area is 116 Å². The highest BCUT2D eigenvalue weighted by Crippen LogP contribution is 2.42. The fourth-order valence-corrected chi connectivity index (χ4v) is 2.12. The highest BCUT2D eigenvalue weighted by Gasteiger charge is 2.43. The zero-order valence-corrected chi connectivity index (χ0v) is 12.1. The van der Waals surface area contributed by atoms with Gasteiger partial charge in [-0.05, 0) is 51.0 Å². The number of hydrogen-bond acceptors (Lipinski definition) is 1. The summed E-state index contributed by atoms with van der Waals surface area (Å²) >= 11 is 5.88. The van der Waals surface area contributed by atoms with Crippen molar-refractivity contribution in [2.24, 2.45) is 5.41 Å². The molecule has 1 aromatic carbocycles. The van der Waals surface area contributed by atoms with Gasteiger partial charge in [0.25, 0.3) is 5.92 Å². The van der Waals surface area contributed by atoms with E-state index in [1.165, 1.54) is 26.0 Å². The van der Waals surface area contributed by atoms with Crippen LogP contribution in [-0.4, -0.2) is 11.1 Å². The Balaban J connectivity index is 3.21. The van der Waals surface area contributed by atoms with Crippen LogP contribution in [0.4, 0.5) is 8.78 Å². The van der Waals surface area contributed by atoms with E-state index in [9.17, 15) is 13.6 Å². The van der Waals surface area contributed by atoms with Crippen molar-refractivity contribution in [3.05, 3.63) is 33.8 Å². The van der Waals surface area contributed by atoms with Gasteiger partial charge in [0.05, 0.1) is 5.41 Å². The summed E-state index contributed by atoms with van der Waals surface area (Å²) in [6.45, 7) is 5.77. The Morgan fingerprint density at radius 1 is 1.26 bits per heavy atom. The van der Waals surface area contributed by atoms with E-state index in [0.29, 0.717) is 16.1 Å². The molecule has 0 bridgehead atoms. The first-order valence-electron chi connectivity index (χ1n) is 5.86. The molecule has 1 N–H and O–H groups in total. The van der Waals surface area contributed by atoms with Gasteiger partial charge in [-0.25, -0.2) is 8.78 Å². The van der Waals surface area contributed by atoms with Crippen molar-refractivity contribution in [2.45, 2.75) is 40.0 Å². The van der Waals surface area contributed by atoms with Crippen LogP contribution in [0.25, 0.3) is 0 Å². The summed E-state index contributed by atoms with van der Waals surface area (Å²) in [7, 11) is 0. The number of rotatable bonds is 4. The van der Waals surface area contributed by atoms with Gasteiger partial charge in [0.15, 0.2) is 0 Å². The molecule has 0 saturated carbocycles. The molecule has 0 heterocycles. The molecular weight excluding hydrogens is 274 g/mol. The van der Waals surface area contributed by atoms with E-state index in [1.54, 1.807) is 13.8 Å². The van der Waals surface area contributed by atoms with E-state index in [-0.39, 0.29) is 5.56 Å². The molecule has 0 unspecified atom stereocenters. The van der Waals surface area contributed by atoms with Gasteiger partial charge in [-0.2, -0.15) is 0 Å². The summed E-state index contributed by atoms with van der Waals surface area (Å²) < 4.78 is 28.6. The van der Waals surface area contributed by atoms with Gasteiger partial charge in [0, 0.05) is 17.0 Å². The Morgan fingerprint density at radius 3 is 2.26 bits per heavy atom. The lowest BCUT2D eigenvalue weighted by molar-refractivity contribution is -0.153. The zero-order chi connectivity index (χ0) is 15.0. The number of hydrogen-bond donors (Lipinski definition) is 1. The maximum Gasteiger partial charge on any atom is 0.309 e. The zero-order valence-electron chi connectivity index (χ0n) is 11.4. The van der Waals surface area contributed by atoms with Crippen molar-refractivity contribution in [1.82, 2.24) is 0 Å². The van der Waals surface area contributed by atoms with Crippen LogP contribution in [0.15, 0.2) is 12.1 Å². The van der Waals surface area contributed by atoms with Crippen LogP contribution in [-0.2, 0) is 10.7 Å². The Kier molecular flexibility index (Phi) is 4.25. The molecule has 2 nitrogen and oxygen atoms in total. The molecule has 0 radical (unpaired) electrons. The fraction of sp³-hybridized carbons (Fsp3) is 0.500. The molecule has 0 atom stereocenters. The average Bonchev–Trinajstić information content (AvgIpc) is 2.21. The number of carboxylic acid groups (broad SMARTS) is 1. The molecule has 5 heteroatoms. The number of benzene rings is 1. The van der Waals surface area contributed by atoms with Crippen molar-refractivity contribution in [2.75, 3.05) is 0 Å². The Bertz CT molecular complexity index is 510. The normalized spacial score (nSPS) is 12.6. The van der Waals surface area contributed by atoms with E-state index >= 15 is 0 Å². The van der Waals surface area contributed by atoms with E-state index in [0.717, 1.165) is 0 Å². The van der Waals surface area contributed by atoms with Crippen LogP contribution < -0.4 is 0 Å². The second kappa shape index (κ2) is 5.08. The lowest BCUT2D eigenvalue weighted by Crippen LogP contribution is -2.31. The number of halogens is 3. The van der Waals surface area contributed by atoms with Crippen LogP contribution in [0, 0.1) is 19.3 Å². The summed E-state index contributed by atoms with van der Waals surface area (Å²) in [6.07, 6.45) is -0.753. The van der Waals surface area contributed by atoms with Crippen molar-refractivity contribution in [3.8, 4) is 0 Å². The monoisotopic (exact) mass is 290 g/mol. The first kappa shape index (κ1) is 15.9. The molecular formula is C14H17ClF2O2. The maximum atomic E-state index is 14.3. The maximum absolute atomic E-state index is 14.3. The predicted octanol–water partition coefficient (Wildman–Crippen LogP) is 4.55. The van der Waals surface area contributed by atoms with Gasteiger partial charge in [0.1, 0.15) is 0 Å². The van der Waals surface area contributed by atoms with Crippen molar-refractivity contribution >= 4 is 17.6 Å². The van der Waals surface area contributed by atoms with Crippen molar-refractivity contribution in [1.29, 1.82) is 0 Å². The molecule has 0 saturated heterocycles. The summed E-state index contributed by atoms with van der Waals surface area (Å²) in [5, 5.41) is 9.39. The van der Waals surface area contributed by atoms with Gasteiger partial charge >= 0.3 is 5.97 Å². The van der Waals surface area contributed by atoms with E-state index in [2.05, 4.69) is 0 Å². The predicted molar refractivity (Wildman–Crippen MR) is 70.9 cm³/mol. The van der Waals surface area contributed by atoms with Crippen LogP contribution in [0.5, 0.6) is 0 Å². The summed E-state index contributed by atoms with van der Waals surface area (Å²) in [6, 6.07) is 2.81. The van der Waals surface area contributed by atoms with E-state index in [4.69, 9.17) is 16.7 Å².